The third-order valence-electron chi connectivity index (χ3n) is 5.62. The molecule has 0 spiro atoms. The first kappa shape index (κ1) is 18.9. The van der Waals surface area contributed by atoms with Crippen LogP contribution in [0.2, 0.25) is 0 Å². The number of aromatic nitrogens is 4. The Balaban J connectivity index is 1.42. The Morgan fingerprint density at radius 3 is 2.71 bits per heavy atom. The summed E-state index contributed by atoms with van der Waals surface area (Å²) in [6.07, 6.45) is 4.24. The Morgan fingerprint density at radius 1 is 1.21 bits per heavy atom. The highest BCUT2D eigenvalue weighted by Gasteiger charge is 2.40. The van der Waals surface area contributed by atoms with Crippen LogP contribution in [0, 0.1) is 19.8 Å². The normalized spacial score (nSPS) is 22.7. The number of anilines is 1. The van der Waals surface area contributed by atoms with Gasteiger partial charge in [0, 0.05) is 63.5 Å². The van der Waals surface area contributed by atoms with Gasteiger partial charge < -0.3 is 19.1 Å². The lowest BCUT2D eigenvalue weighted by atomic mass is 9.98. The van der Waals surface area contributed by atoms with Gasteiger partial charge in [-0.3, -0.25) is 4.79 Å². The molecule has 1 amide bonds. The van der Waals surface area contributed by atoms with Crippen molar-refractivity contribution in [2.45, 2.75) is 39.8 Å². The number of carbonyl (C=O) groups excluding carboxylic acids is 1. The van der Waals surface area contributed by atoms with Crippen LogP contribution in [0.5, 0.6) is 0 Å². The molecule has 2 aromatic heterocycles. The Hall–Kier alpha value is -2.48. The molecule has 28 heavy (non-hydrogen) atoms. The monoisotopic (exact) mass is 384 g/mol. The standard InChI is InChI=1S/C20H28N6O2/c1-4-24-7-6-21-19(24)18-16(5-12-28-18)20(27)26-10-8-25(9-11-26)17-13-14(2)22-15(3)23-17/h6-7,13,16,18H,4-5,8-12H2,1-3H3/t16-,18-/m1/s1. The number of rotatable bonds is 4. The molecule has 0 aliphatic carbocycles. The molecule has 0 bridgehead atoms. The number of hydrogen-bond donors (Lipinski definition) is 0. The summed E-state index contributed by atoms with van der Waals surface area (Å²) in [5.41, 5.74) is 0.971. The summed E-state index contributed by atoms with van der Waals surface area (Å²) in [7, 11) is 0. The number of amides is 1. The highest BCUT2D eigenvalue weighted by Crippen LogP contribution is 2.35. The van der Waals surface area contributed by atoms with Gasteiger partial charge in [-0.1, -0.05) is 0 Å². The Labute approximate surface area is 165 Å². The van der Waals surface area contributed by atoms with Gasteiger partial charge in [-0.05, 0) is 27.2 Å². The molecule has 2 saturated heterocycles. The van der Waals surface area contributed by atoms with E-state index in [1.54, 1.807) is 6.20 Å². The van der Waals surface area contributed by atoms with Crippen molar-refractivity contribution in [2.75, 3.05) is 37.7 Å². The van der Waals surface area contributed by atoms with E-state index in [1.165, 1.54) is 0 Å². The molecular formula is C20H28N6O2. The first-order valence-corrected chi connectivity index (χ1v) is 10.1. The Bertz CT molecular complexity index is 823. The van der Waals surface area contributed by atoms with Crippen molar-refractivity contribution >= 4 is 11.7 Å². The van der Waals surface area contributed by atoms with Crippen LogP contribution in [-0.4, -0.2) is 63.1 Å². The lowest BCUT2D eigenvalue weighted by molar-refractivity contribution is -0.138. The van der Waals surface area contributed by atoms with E-state index in [9.17, 15) is 4.79 Å². The zero-order valence-corrected chi connectivity index (χ0v) is 16.8. The first-order chi connectivity index (χ1) is 13.6. The van der Waals surface area contributed by atoms with E-state index in [4.69, 9.17) is 4.74 Å². The fourth-order valence-corrected chi connectivity index (χ4v) is 4.19. The SMILES string of the molecule is CCn1ccnc1[C@@H]1OCC[C@H]1C(=O)N1CCN(c2cc(C)nc(C)n2)CC1. The molecule has 0 radical (unpaired) electrons. The number of aryl methyl sites for hydroxylation is 3. The zero-order valence-electron chi connectivity index (χ0n) is 16.8. The van der Waals surface area contributed by atoms with Crippen LogP contribution in [-0.2, 0) is 16.1 Å². The third-order valence-corrected chi connectivity index (χ3v) is 5.62. The second-order valence-corrected chi connectivity index (χ2v) is 7.49. The van der Waals surface area contributed by atoms with E-state index in [2.05, 4.69) is 31.3 Å². The number of ether oxygens (including phenoxy) is 1. The minimum absolute atomic E-state index is 0.150. The molecule has 0 unspecified atom stereocenters. The van der Waals surface area contributed by atoms with Crippen LogP contribution < -0.4 is 4.90 Å². The predicted molar refractivity (Wildman–Crippen MR) is 105 cm³/mol. The van der Waals surface area contributed by atoms with E-state index in [-0.39, 0.29) is 17.9 Å². The van der Waals surface area contributed by atoms with Gasteiger partial charge >= 0.3 is 0 Å². The molecule has 2 aliphatic rings. The quantitative estimate of drug-likeness (QED) is 0.799. The molecule has 2 aromatic rings. The summed E-state index contributed by atoms with van der Waals surface area (Å²) >= 11 is 0. The van der Waals surface area contributed by atoms with Crippen LogP contribution in [0.3, 0.4) is 0 Å². The maximum atomic E-state index is 13.2. The lowest BCUT2D eigenvalue weighted by Crippen LogP contribution is -2.51. The molecule has 2 aliphatic heterocycles. The topological polar surface area (TPSA) is 76.4 Å². The predicted octanol–water partition coefficient (Wildman–Crippen LogP) is 1.74. The van der Waals surface area contributed by atoms with Crippen molar-refractivity contribution in [3.05, 3.63) is 35.8 Å². The zero-order chi connectivity index (χ0) is 19.7. The minimum atomic E-state index is -0.243. The van der Waals surface area contributed by atoms with Gasteiger partial charge in [0.2, 0.25) is 5.91 Å². The fourth-order valence-electron chi connectivity index (χ4n) is 4.19. The number of imidazole rings is 1. The molecule has 4 rings (SSSR count). The van der Waals surface area contributed by atoms with Crippen LogP contribution in [0.4, 0.5) is 5.82 Å². The van der Waals surface area contributed by atoms with Gasteiger partial charge in [0.25, 0.3) is 0 Å². The molecule has 150 valence electrons. The number of nitrogens with zero attached hydrogens (tertiary/aromatic N) is 6. The van der Waals surface area contributed by atoms with Crippen molar-refractivity contribution in [1.82, 2.24) is 24.4 Å². The van der Waals surface area contributed by atoms with Crippen molar-refractivity contribution in [3.8, 4) is 0 Å². The summed E-state index contributed by atoms with van der Waals surface area (Å²) in [5.74, 6) is 2.63. The van der Waals surface area contributed by atoms with Crippen molar-refractivity contribution in [3.63, 3.8) is 0 Å². The van der Waals surface area contributed by atoms with E-state index in [0.717, 1.165) is 49.2 Å². The molecule has 0 N–H and O–H groups in total. The van der Waals surface area contributed by atoms with E-state index in [0.29, 0.717) is 19.7 Å². The maximum Gasteiger partial charge on any atom is 0.228 e. The number of piperazine rings is 1. The number of carbonyl (C=O) groups is 1. The van der Waals surface area contributed by atoms with E-state index >= 15 is 0 Å². The van der Waals surface area contributed by atoms with Gasteiger partial charge in [0.1, 0.15) is 23.6 Å². The van der Waals surface area contributed by atoms with Gasteiger partial charge in [0.05, 0.1) is 5.92 Å². The second kappa shape index (κ2) is 7.87. The summed E-state index contributed by atoms with van der Waals surface area (Å²) in [4.78, 5) is 30.8. The average Bonchev–Trinajstić information content (AvgIpc) is 3.35. The summed E-state index contributed by atoms with van der Waals surface area (Å²) in [6.45, 7) is 10.4. The van der Waals surface area contributed by atoms with E-state index < -0.39 is 0 Å². The second-order valence-electron chi connectivity index (χ2n) is 7.49. The molecular weight excluding hydrogens is 356 g/mol. The van der Waals surface area contributed by atoms with Crippen LogP contribution in [0.15, 0.2) is 18.5 Å². The molecule has 4 heterocycles. The van der Waals surface area contributed by atoms with Gasteiger partial charge in [-0.15, -0.1) is 0 Å². The summed E-state index contributed by atoms with van der Waals surface area (Å²) < 4.78 is 7.99. The van der Waals surface area contributed by atoms with Crippen molar-refractivity contribution in [2.24, 2.45) is 5.92 Å². The average molecular weight is 384 g/mol. The Morgan fingerprint density at radius 2 is 2.00 bits per heavy atom. The number of hydrogen-bond acceptors (Lipinski definition) is 6. The lowest BCUT2D eigenvalue weighted by Gasteiger charge is -2.37. The molecule has 8 nitrogen and oxygen atoms in total. The largest absolute Gasteiger partial charge is 0.369 e. The Kier molecular flexibility index (Phi) is 5.30. The smallest absolute Gasteiger partial charge is 0.228 e. The third kappa shape index (κ3) is 3.61. The van der Waals surface area contributed by atoms with Crippen LogP contribution in [0.1, 0.15) is 36.8 Å². The van der Waals surface area contributed by atoms with Crippen LogP contribution in [0.25, 0.3) is 0 Å². The van der Waals surface area contributed by atoms with Crippen molar-refractivity contribution < 1.29 is 9.53 Å². The highest BCUT2D eigenvalue weighted by molar-refractivity contribution is 5.80. The summed E-state index contributed by atoms with van der Waals surface area (Å²) in [6, 6.07) is 2.01. The highest BCUT2D eigenvalue weighted by atomic mass is 16.5. The molecule has 0 saturated carbocycles. The van der Waals surface area contributed by atoms with Gasteiger partial charge in [0.15, 0.2) is 0 Å². The van der Waals surface area contributed by atoms with E-state index in [1.807, 2.05) is 31.0 Å². The maximum absolute atomic E-state index is 13.2. The fraction of sp³-hybridized carbons (Fsp3) is 0.600. The molecule has 8 heteroatoms. The van der Waals surface area contributed by atoms with Gasteiger partial charge in [-0.25, -0.2) is 15.0 Å². The molecule has 2 fully saturated rings. The summed E-state index contributed by atoms with van der Waals surface area (Å²) in [5, 5.41) is 0. The molecule has 2 atom stereocenters. The van der Waals surface area contributed by atoms with Gasteiger partial charge in [-0.2, -0.15) is 0 Å². The first-order valence-electron chi connectivity index (χ1n) is 10.1. The molecule has 0 aromatic carbocycles. The minimum Gasteiger partial charge on any atom is -0.369 e. The van der Waals surface area contributed by atoms with Crippen molar-refractivity contribution in [1.29, 1.82) is 0 Å². The van der Waals surface area contributed by atoms with Crippen LogP contribution >= 0.6 is 0 Å².